The Hall–Kier alpha value is -1.05. The molecule has 0 aliphatic rings. The summed E-state index contributed by atoms with van der Waals surface area (Å²) < 4.78 is 5.67. The predicted octanol–water partition coefficient (Wildman–Crippen LogP) is 2.99. The molecule has 0 unspecified atom stereocenters. The van der Waals surface area contributed by atoms with Crippen LogP contribution in [0.15, 0.2) is 12.1 Å². The topological polar surface area (TPSA) is 22.1 Å². The van der Waals surface area contributed by atoms with Crippen LogP contribution in [0.25, 0.3) is 0 Å². The molecule has 1 aromatic heterocycles. The molecule has 0 aliphatic heterocycles. The van der Waals surface area contributed by atoms with Crippen LogP contribution < -0.4 is 4.74 Å². The first-order chi connectivity index (χ1) is 6.67. The third-order valence-electron chi connectivity index (χ3n) is 2.09. The van der Waals surface area contributed by atoms with E-state index in [1.165, 1.54) is 5.56 Å². The second-order valence-corrected chi connectivity index (χ2v) is 3.64. The molecule has 2 nitrogen and oxygen atoms in total. The van der Waals surface area contributed by atoms with Crippen LogP contribution in [0, 0.1) is 0 Å². The van der Waals surface area contributed by atoms with Crippen molar-refractivity contribution in [1.29, 1.82) is 0 Å². The lowest BCUT2D eigenvalue weighted by molar-refractivity contribution is 0.229. The smallest absolute Gasteiger partial charge is 0.216 e. The molecule has 0 bridgehead atoms. The van der Waals surface area contributed by atoms with Gasteiger partial charge in [0.1, 0.15) is 0 Å². The normalized spacial score (nSPS) is 10.6. The van der Waals surface area contributed by atoms with Gasteiger partial charge in [0.05, 0.1) is 6.10 Å². The molecular formula is C12H19NO. The van der Waals surface area contributed by atoms with Crippen LogP contribution in [-0.4, -0.2) is 11.1 Å². The van der Waals surface area contributed by atoms with Crippen LogP contribution in [0.5, 0.6) is 5.88 Å². The van der Waals surface area contributed by atoms with Gasteiger partial charge in [-0.1, -0.05) is 19.9 Å². The lowest BCUT2D eigenvalue weighted by Gasteiger charge is -2.13. The molecule has 14 heavy (non-hydrogen) atoms. The van der Waals surface area contributed by atoms with Gasteiger partial charge in [-0.05, 0) is 32.8 Å². The second-order valence-electron chi connectivity index (χ2n) is 3.64. The van der Waals surface area contributed by atoms with Crippen LogP contribution in [0.4, 0.5) is 0 Å². The largest absolute Gasteiger partial charge is 0.475 e. The molecule has 0 fully saturated rings. The van der Waals surface area contributed by atoms with Crippen molar-refractivity contribution in [2.45, 2.75) is 46.6 Å². The molecule has 0 aliphatic carbocycles. The van der Waals surface area contributed by atoms with E-state index in [2.05, 4.69) is 31.0 Å². The Bertz CT molecular complexity index is 294. The predicted molar refractivity (Wildman–Crippen MR) is 58.8 cm³/mol. The molecule has 0 saturated carbocycles. The molecule has 0 amide bonds. The number of ether oxygens (including phenoxy) is 1. The first-order valence-electron chi connectivity index (χ1n) is 5.32. The van der Waals surface area contributed by atoms with Gasteiger partial charge in [-0.25, -0.2) is 4.98 Å². The molecule has 2 heteroatoms. The number of rotatable bonds is 4. The molecule has 0 saturated heterocycles. The summed E-state index contributed by atoms with van der Waals surface area (Å²) in [4.78, 5) is 4.48. The van der Waals surface area contributed by atoms with E-state index in [9.17, 15) is 0 Å². The van der Waals surface area contributed by atoms with Crippen LogP contribution >= 0.6 is 0 Å². The molecule has 0 atom stereocenters. The van der Waals surface area contributed by atoms with E-state index in [1.54, 1.807) is 0 Å². The highest BCUT2D eigenvalue weighted by atomic mass is 16.5. The van der Waals surface area contributed by atoms with E-state index in [0.717, 1.165) is 24.4 Å². The number of nitrogens with zero attached hydrogens (tertiary/aromatic N) is 1. The van der Waals surface area contributed by atoms with Crippen molar-refractivity contribution in [2.75, 3.05) is 0 Å². The second kappa shape index (κ2) is 4.99. The lowest BCUT2D eigenvalue weighted by atomic mass is 10.2. The third kappa shape index (κ3) is 2.72. The van der Waals surface area contributed by atoms with Crippen molar-refractivity contribution in [3.63, 3.8) is 0 Å². The van der Waals surface area contributed by atoms with Gasteiger partial charge in [0.15, 0.2) is 0 Å². The molecule has 0 aromatic carbocycles. The number of aryl methyl sites for hydroxylation is 2. The average Bonchev–Trinajstić information content (AvgIpc) is 2.16. The summed E-state index contributed by atoms with van der Waals surface area (Å²) in [5.41, 5.74) is 2.29. The summed E-state index contributed by atoms with van der Waals surface area (Å²) in [6, 6.07) is 4.19. The van der Waals surface area contributed by atoms with Crippen molar-refractivity contribution < 1.29 is 4.74 Å². The summed E-state index contributed by atoms with van der Waals surface area (Å²) in [6.45, 7) is 8.28. The minimum absolute atomic E-state index is 0.194. The van der Waals surface area contributed by atoms with Crippen molar-refractivity contribution >= 4 is 0 Å². The molecule has 0 radical (unpaired) electrons. The molecule has 1 heterocycles. The Kier molecular flexibility index (Phi) is 3.93. The van der Waals surface area contributed by atoms with Crippen LogP contribution in [0.3, 0.4) is 0 Å². The standard InChI is InChI=1S/C12H19NO/c1-5-10-7-8-11(6-2)13-12(10)14-9(3)4/h7-9H,5-6H2,1-4H3. The zero-order valence-corrected chi connectivity index (χ0v) is 9.50. The van der Waals surface area contributed by atoms with E-state index in [1.807, 2.05) is 13.8 Å². The maximum absolute atomic E-state index is 5.67. The zero-order chi connectivity index (χ0) is 10.6. The average molecular weight is 193 g/mol. The summed E-state index contributed by atoms with van der Waals surface area (Å²) in [6.07, 6.45) is 2.12. The Labute approximate surface area is 86.3 Å². The molecule has 1 rings (SSSR count). The summed E-state index contributed by atoms with van der Waals surface area (Å²) in [5, 5.41) is 0. The Balaban J connectivity index is 2.96. The monoisotopic (exact) mass is 193 g/mol. The van der Waals surface area contributed by atoms with E-state index in [0.29, 0.717) is 0 Å². The SMILES string of the molecule is CCc1ccc(CC)c(OC(C)C)n1. The fourth-order valence-corrected chi connectivity index (χ4v) is 1.30. The summed E-state index contributed by atoms with van der Waals surface area (Å²) in [7, 11) is 0. The maximum atomic E-state index is 5.67. The zero-order valence-electron chi connectivity index (χ0n) is 9.50. The molecule has 0 N–H and O–H groups in total. The van der Waals surface area contributed by atoms with Gasteiger partial charge in [0.25, 0.3) is 0 Å². The van der Waals surface area contributed by atoms with Gasteiger partial charge in [0.2, 0.25) is 5.88 Å². The molecule has 0 spiro atoms. The minimum atomic E-state index is 0.194. The van der Waals surface area contributed by atoms with Crippen LogP contribution in [0.2, 0.25) is 0 Å². The van der Waals surface area contributed by atoms with Gasteiger partial charge in [-0.2, -0.15) is 0 Å². The summed E-state index contributed by atoms with van der Waals surface area (Å²) >= 11 is 0. The number of pyridine rings is 1. The molecule has 1 aromatic rings. The maximum Gasteiger partial charge on any atom is 0.216 e. The van der Waals surface area contributed by atoms with Crippen molar-refractivity contribution in [3.05, 3.63) is 23.4 Å². The summed E-state index contributed by atoms with van der Waals surface area (Å²) in [5.74, 6) is 0.807. The van der Waals surface area contributed by atoms with Crippen LogP contribution in [-0.2, 0) is 12.8 Å². The highest BCUT2D eigenvalue weighted by Gasteiger charge is 2.06. The molecule has 78 valence electrons. The Morgan fingerprint density at radius 1 is 1.21 bits per heavy atom. The van der Waals surface area contributed by atoms with Crippen molar-refractivity contribution in [3.8, 4) is 5.88 Å². The first-order valence-corrected chi connectivity index (χ1v) is 5.32. The fraction of sp³-hybridized carbons (Fsp3) is 0.583. The highest BCUT2D eigenvalue weighted by molar-refractivity contribution is 5.28. The van der Waals surface area contributed by atoms with Crippen molar-refractivity contribution in [1.82, 2.24) is 4.98 Å². The van der Waals surface area contributed by atoms with E-state index >= 15 is 0 Å². The fourth-order valence-electron chi connectivity index (χ4n) is 1.30. The Morgan fingerprint density at radius 2 is 1.93 bits per heavy atom. The minimum Gasteiger partial charge on any atom is -0.475 e. The highest BCUT2D eigenvalue weighted by Crippen LogP contribution is 2.18. The molecular weight excluding hydrogens is 174 g/mol. The number of hydrogen-bond donors (Lipinski definition) is 0. The van der Waals surface area contributed by atoms with Gasteiger partial charge >= 0.3 is 0 Å². The van der Waals surface area contributed by atoms with Gasteiger partial charge in [-0.3, -0.25) is 0 Å². The van der Waals surface area contributed by atoms with Gasteiger partial charge < -0.3 is 4.74 Å². The van der Waals surface area contributed by atoms with Gasteiger partial charge in [0, 0.05) is 11.3 Å². The number of hydrogen-bond acceptors (Lipinski definition) is 2. The van der Waals surface area contributed by atoms with Crippen LogP contribution in [0.1, 0.15) is 39.0 Å². The van der Waals surface area contributed by atoms with E-state index in [4.69, 9.17) is 4.74 Å². The lowest BCUT2D eigenvalue weighted by Crippen LogP contribution is -2.09. The van der Waals surface area contributed by atoms with Crippen molar-refractivity contribution in [2.24, 2.45) is 0 Å². The Morgan fingerprint density at radius 3 is 2.43 bits per heavy atom. The third-order valence-corrected chi connectivity index (χ3v) is 2.09. The first kappa shape index (κ1) is 11.0. The van der Waals surface area contributed by atoms with E-state index in [-0.39, 0.29) is 6.10 Å². The quantitative estimate of drug-likeness (QED) is 0.733. The number of aromatic nitrogens is 1. The van der Waals surface area contributed by atoms with E-state index < -0.39 is 0 Å². The van der Waals surface area contributed by atoms with Gasteiger partial charge in [-0.15, -0.1) is 0 Å².